The Labute approximate surface area is 154 Å². The van der Waals surface area contributed by atoms with Crippen molar-refractivity contribution < 1.29 is 27.2 Å². The second kappa shape index (κ2) is 9.71. The molecule has 1 aliphatic rings. The van der Waals surface area contributed by atoms with E-state index < -0.39 is 28.8 Å². The number of ether oxygens (including phenoxy) is 1. The number of alkyl halides is 3. The molecule has 0 amide bonds. The molecule has 2 unspecified atom stereocenters. The molecule has 4 nitrogen and oxygen atoms in total. The Balaban J connectivity index is 2.26. The third-order valence-corrected chi connectivity index (χ3v) is 6.25. The highest BCUT2D eigenvalue weighted by molar-refractivity contribution is 7.85. The minimum Gasteiger partial charge on any atom is -0.406 e. The van der Waals surface area contributed by atoms with Crippen molar-refractivity contribution in [3.63, 3.8) is 0 Å². The first-order chi connectivity index (χ1) is 12.3. The molecule has 0 heterocycles. The van der Waals surface area contributed by atoms with E-state index in [1.165, 1.54) is 18.6 Å². The molecule has 2 rings (SSSR count). The molecule has 1 aromatic carbocycles. The maximum atomic E-state index is 12.7. The molecule has 0 aliphatic heterocycles. The molecule has 148 valence electrons. The lowest BCUT2D eigenvalue weighted by Gasteiger charge is -2.22. The number of aliphatic hydroxyl groups excluding tert-OH is 1. The van der Waals surface area contributed by atoms with Crippen molar-refractivity contribution in [1.82, 2.24) is 0 Å². The molecule has 0 saturated heterocycles. The van der Waals surface area contributed by atoms with Crippen LogP contribution in [0.3, 0.4) is 0 Å². The van der Waals surface area contributed by atoms with E-state index in [2.05, 4.69) is 4.74 Å². The van der Waals surface area contributed by atoms with Gasteiger partial charge in [-0.15, -0.1) is 13.2 Å². The second-order valence-corrected chi connectivity index (χ2v) is 8.25. The maximum absolute atomic E-state index is 12.7. The Morgan fingerprint density at radius 1 is 1.23 bits per heavy atom. The zero-order valence-corrected chi connectivity index (χ0v) is 15.5. The molecule has 26 heavy (non-hydrogen) atoms. The van der Waals surface area contributed by atoms with Crippen LogP contribution < -0.4 is 10.5 Å². The fraction of sp³-hybridized carbons (Fsp3) is 0.667. The predicted octanol–water partition coefficient (Wildman–Crippen LogP) is 3.70. The zero-order valence-electron chi connectivity index (χ0n) is 14.6. The third-order valence-electron chi connectivity index (χ3n) is 4.72. The number of benzene rings is 1. The van der Waals surface area contributed by atoms with E-state index in [1.807, 2.05) is 0 Å². The Morgan fingerprint density at radius 3 is 2.50 bits per heavy atom. The van der Waals surface area contributed by atoms with E-state index in [-0.39, 0.29) is 13.2 Å². The number of nitrogens with two attached hydrogens (primary N) is 1. The lowest BCUT2D eigenvalue weighted by atomic mass is 9.91. The lowest BCUT2D eigenvalue weighted by molar-refractivity contribution is -0.274. The van der Waals surface area contributed by atoms with Gasteiger partial charge in [0.2, 0.25) is 0 Å². The fourth-order valence-corrected chi connectivity index (χ4v) is 4.85. The van der Waals surface area contributed by atoms with Crippen molar-refractivity contribution in [3.8, 4) is 5.75 Å². The Bertz CT molecular complexity index is 604. The van der Waals surface area contributed by atoms with Gasteiger partial charge in [-0.1, -0.05) is 19.3 Å². The van der Waals surface area contributed by atoms with Crippen LogP contribution in [0.15, 0.2) is 23.1 Å². The van der Waals surface area contributed by atoms with Crippen LogP contribution in [0.5, 0.6) is 5.75 Å². The summed E-state index contributed by atoms with van der Waals surface area (Å²) in [6.45, 7) is 0.0391. The highest BCUT2D eigenvalue weighted by Crippen LogP contribution is 2.32. The van der Waals surface area contributed by atoms with E-state index in [9.17, 15) is 22.5 Å². The monoisotopic (exact) mass is 393 g/mol. The van der Waals surface area contributed by atoms with Gasteiger partial charge in [-0.25, -0.2) is 0 Å². The molecular formula is C18H26F3NO3S. The molecule has 1 aliphatic carbocycles. The lowest BCUT2D eigenvalue weighted by Crippen LogP contribution is -2.19. The van der Waals surface area contributed by atoms with Gasteiger partial charge < -0.3 is 15.6 Å². The van der Waals surface area contributed by atoms with Crippen molar-refractivity contribution in [2.24, 2.45) is 11.7 Å². The molecule has 0 radical (unpaired) electrons. The Hall–Kier alpha value is -1.12. The number of aliphatic hydroxyl groups is 1. The molecule has 0 aromatic heterocycles. The normalized spacial score (nSPS) is 18.5. The minimum absolute atomic E-state index is 0.249. The molecule has 2 atom stereocenters. The van der Waals surface area contributed by atoms with Gasteiger partial charge in [-0.05, 0) is 55.5 Å². The van der Waals surface area contributed by atoms with Gasteiger partial charge >= 0.3 is 6.36 Å². The van der Waals surface area contributed by atoms with Crippen molar-refractivity contribution in [2.45, 2.75) is 55.7 Å². The summed E-state index contributed by atoms with van der Waals surface area (Å²) in [7, 11) is -1.41. The summed E-state index contributed by atoms with van der Waals surface area (Å²) in [5.41, 5.74) is 5.99. The quantitative estimate of drug-likeness (QED) is 0.706. The predicted molar refractivity (Wildman–Crippen MR) is 94.5 cm³/mol. The number of hydrogen-bond donors (Lipinski definition) is 2. The topological polar surface area (TPSA) is 72.6 Å². The van der Waals surface area contributed by atoms with Crippen LogP contribution in [0.25, 0.3) is 0 Å². The van der Waals surface area contributed by atoms with Crippen LogP contribution in [0.4, 0.5) is 13.2 Å². The van der Waals surface area contributed by atoms with E-state index in [1.54, 1.807) is 6.07 Å². The van der Waals surface area contributed by atoms with E-state index in [0.717, 1.165) is 25.7 Å². The summed E-state index contributed by atoms with van der Waals surface area (Å²) in [6, 6.07) is 4.04. The number of hydrogen-bond acceptors (Lipinski definition) is 4. The first-order valence-corrected chi connectivity index (χ1v) is 10.2. The van der Waals surface area contributed by atoms with Crippen LogP contribution in [-0.2, 0) is 10.8 Å². The minimum atomic E-state index is -4.83. The van der Waals surface area contributed by atoms with Crippen LogP contribution in [0.2, 0.25) is 0 Å². The van der Waals surface area contributed by atoms with Gasteiger partial charge in [-0.3, -0.25) is 4.21 Å². The average molecular weight is 393 g/mol. The van der Waals surface area contributed by atoms with Gasteiger partial charge in [0, 0.05) is 23.2 Å². The standard InChI is InChI=1S/C18H26F3NO3S/c19-18(20,21)25-16-8-15(14(11-23)6-7-22)9-17(10-16)26(24)12-13-4-2-1-3-5-13/h8-10,13-14,23H,1-7,11-12,22H2. The molecule has 8 heteroatoms. The molecular weight excluding hydrogens is 367 g/mol. The van der Waals surface area contributed by atoms with Crippen molar-refractivity contribution in [1.29, 1.82) is 0 Å². The third kappa shape index (κ3) is 6.55. The largest absolute Gasteiger partial charge is 0.573 e. The summed E-state index contributed by atoms with van der Waals surface area (Å²) in [6.07, 6.45) is 0.984. The maximum Gasteiger partial charge on any atom is 0.573 e. The fourth-order valence-electron chi connectivity index (χ4n) is 3.38. The number of halogens is 3. The molecule has 0 spiro atoms. The molecule has 0 bridgehead atoms. The van der Waals surface area contributed by atoms with E-state index in [4.69, 9.17) is 5.73 Å². The van der Waals surface area contributed by atoms with E-state index in [0.29, 0.717) is 28.6 Å². The van der Waals surface area contributed by atoms with Gasteiger partial charge in [0.05, 0.1) is 10.8 Å². The Morgan fingerprint density at radius 2 is 1.92 bits per heavy atom. The summed E-state index contributed by atoms with van der Waals surface area (Å²) in [5, 5.41) is 9.53. The first kappa shape index (κ1) is 21.2. The highest BCUT2D eigenvalue weighted by Gasteiger charge is 2.32. The summed E-state index contributed by atoms with van der Waals surface area (Å²) < 4.78 is 54.7. The SMILES string of the molecule is NCCC(CO)c1cc(OC(F)(F)F)cc(S(=O)CC2CCCCC2)c1. The summed E-state index contributed by atoms with van der Waals surface area (Å²) >= 11 is 0. The van der Waals surface area contributed by atoms with Crippen molar-refractivity contribution in [3.05, 3.63) is 23.8 Å². The highest BCUT2D eigenvalue weighted by atomic mass is 32.2. The van der Waals surface area contributed by atoms with Gasteiger partial charge in [0.25, 0.3) is 0 Å². The second-order valence-electron chi connectivity index (χ2n) is 6.76. The van der Waals surface area contributed by atoms with E-state index >= 15 is 0 Å². The Kier molecular flexibility index (Phi) is 7.91. The van der Waals surface area contributed by atoms with Gasteiger partial charge in [0.15, 0.2) is 0 Å². The zero-order chi connectivity index (χ0) is 19.2. The van der Waals surface area contributed by atoms with Crippen LogP contribution in [-0.4, -0.2) is 34.6 Å². The first-order valence-electron chi connectivity index (χ1n) is 8.92. The summed E-state index contributed by atoms with van der Waals surface area (Å²) in [5.74, 6) is -0.0483. The van der Waals surface area contributed by atoms with Crippen LogP contribution in [0.1, 0.15) is 50.0 Å². The smallest absolute Gasteiger partial charge is 0.406 e. The number of rotatable bonds is 8. The molecule has 1 fully saturated rings. The molecule has 1 aromatic rings. The van der Waals surface area contributed by atoms with Crippen molar-refractivity contribution in [2.75, 3.05) is 18.9 Å². The molecule has 1 saturated carbocycles. The summed E-state index contributed by atoms with van der Waals surface area (Å²) in [4.78, 5) is 0.308. The van der Waals surface area contributed by atoms with Crippen LogP contribution in [0, 0.1) is 5.92 Å². The van der Waals surface area contributed by atoms with Crippen molar-refractivity contribution >= 4 is 10.8 Å². The van der Waals surface area contributed by atoms with Gasteiger partial charge in [0.1, 0.15) is 5.75 Å². The van der Waals surface area contributed by atoms with Gasteiger partial charge in [-0.2, -0.15) is 0 Å². The van der Waals surface area contributed by atoms with Crippen LogP contribution >= 0.6 is 0 Å². The molecule has 3 N–H and O–H groups in total. The average Bonchev–Trinajstić information content (AvgIpc) is 2.58.